The molecular formula is C28H29N3O6. The number of carbonyl (C=O) groups excluding carboxylic acids is 3. The first-order valence-corrected chi connectivity index (χ1v) is 11.9. The van der Waals surface area contributed by atoms with E-state index >= 15 is 0 Å². The summed E-state index contributed by atoms with van der Waals surface area (Å²) in [7, 11) is 0. The number of nitrogens with zero attached hydrogens (tertiary/aromatic N) is 1. The Balaban J connectivity index is 1.60. The lowest BCUT2D eigenvalue weighted by molar-refractivity contribution is -0.136. The standard InChI is InChI=1S/C28H29N3O6/c1-4-19-7-12-22(13-8-19)30-26(32)27(33)31-29-18-20-9-16-24(25(17-20)36-6-3)37-28(34)21-10-14-23(15-11-21)35-5-2/h7-18H,4-6H2,1-3H3,(H,30,32)(H,31,33)/b29-18-. The van der Waals surface area contributed by atoms with E-state index in [2.05, 4.69) is 15.8 Å². The zero-order valence-corrected chi connectivity index (χ0v) is 20.9. The maximum absolute atomic E-state index is 12.6. The maximum atomic E-state index is 12.6. The van der Waals surface area contributed by atoms with Gasteiger partial charge in [-0.05, 0) is 86.0 Å². The molecule has 37 heavy (non-hydrogen) atoms. The second-order valence-electron chi connectivity index (χ2n) is 7.69. The first-order chi connectivity index (χ1) is 17.9. The van der Waals surface area contributed by atoms with Crippen LogP contribution in [0.5, 0.6) is 17.2 Å². The Labute approximate surface area is 215 Å². The molecule has 3 aromatic rings. The van der Waals surface area contributed by atoms with E-state index in [0.29, 0.717) is 41.5 Å². The van der Waals surface area contributed by atoms with Gasteiger partial charge in [0, 0.05) is 5.69 Å². The molecule has 0 radical (unpaired) electrons. The van der Waals surface area contributed by atoms with Crippen molar-refractivity contribution in [2.75, 3.05) is 18.5 Å². The Morgan fingerprint density at radius 1 is 0.811 bits per heavy atom. The fourth-order valence-electron chi connectivity index (χ4n) is 3.20. The van der Waals surface area contributed by atoms with E-state index < -0.39 is 17.8 Å². The van der Waals surface area contributed by atoms with Crippen LogP contribution >= 0.6 is 0 Å². The van der Waals surface area contributed by atoms with Crippen molar-refractivity contribution in [3.8, 4) is 17.2 Å². The van der Waals surface area contributed by atoms with Gasteiger partial charge in [0.1, 0.15) is 5.75 Å². The van der Waals surface area contributed by atoms with Crippen LogP contribution in [-0.2, 0) is 16.0 Å². The minimum absolute atomic E-state index is 0.232. The van der Waals surface area contributed by atoms with Crippen LogP contribution in [0.15, 0.2) is 71.8 Å². The average Bonchev–Trinajstić information content (AvgIpc) is 2.91. The molecule has 2 amide bonds. The summed E-state index contributed by atoms with van der Waals surface area (Å²) in [4.78, 5) is 36.7. The summed E-state index contributed by atoms with van der Waals surface area (Å²) >= 11 is 0. The highest BCUT2D eigenvalue weighted by Gasteiger charge is 2.15. The summed E-state index contributed by atoms with van der Waals surface area (Å²) in [6, 6.07) is 18.6. The van der Waals surface area contributed by atoms with Gasteiger partial charge in [-0.25, -0.2) is 10.2 Å². The van der Waals surface area contributed by atoms with Crippen molar-refractivity contribution < 1.29 is 28.6 Å². The average molecular weight is 504 g/mol. The van der Waals surface area contributed by atoms with Crippen molar-refractivity contribution in [3.05, 3.63) is 83.4 Å². The van der Waals surface area contributed by atoms with Crippen LogP contribution in [0.1, 0.15) is 42.3 Å². The van der Waals surface area contributed by atoms with Gasteiger partial charge in [-0.1, -0.05) is 19.1 Å². The van der Waals surface area contributed by atoms with E-state index in [-0.39, 0.29) is 5.75 Å². The van der Waals surface area contributed by atoms with Crippen LogP contribution in [0, 0.1) is 0 Å². The van der Waals surface area contributed by atoms with Crippen molar-refractivity contribution in [2.24, 2.45) is 5.10 Å². The molecule has 0 unspecified atom stereocenters. The number of aryl methyl sites for hydroxylation is 1. The van der Waals surface area contributed by atoms with E-state index in [1.807, 2.05) is 26.0 Å². The van der Waals surface area contributed by atoms with Crippen molar-refractivity contribution in [1.29, 1.82) is 0 Å². The molecule has 0 spiro atoms. The van der Waals surface area contributed by atoms with Gasteiger partial charge in [0.05, 0.1) is 25.0 Å². The van der Waals surface area contributed by atoms with Crippen LogP contribution < -0.4 is 25.0 Å². The Kier molecular flexibility index (Phi) is 9.78. The van der Waals surface area contributed by atoms with E-state index in [0.717, 1.165) is 12.0 Å². The van der Waals surface area contributed by atoms with Gasteiger partial charge in [0.2, 0.25) is 0 Å². The SMILES string of the molecule is CCOc1ccc(C(=O)Oc2ccc(/C=N\NC(=O)C(=O)Nc3ccc(CC)cc3)cc2OCC)cc1. The molecule has 0 saturated heterocycles. The molecule has 0 aromatic heterocycles. The largest absolute Gasteiger partial charge is 0.494 e. The minimum Gasteiger partial charge on any atom is -0.494 e. The number of rotatable bonds is 10. The number of carbonyl (C=O) groups is 3. The number of amides is 2. The molecule has 0 heterocycles. The molecule has 0 fully saturated rings. The highest BCUT2D eigenvalue weighted by molar-refractivity contribution is 6.39. The van der Waals surface area contributed by atoms with Crippen LogP contribution in [0.2, 0.25) is 0 Å². The molecule has 0 aliphatic carbocycles. The van der Waals surface area contributed by atoms with E-state index in [1.54, 1.807) is 61.5 Å². The fraction of sp³-hybridized carbons (Fsp3) is 0.214. The number of anilines is 1. The van der Waals surface area contributed by atoms with Gasteiger partial charge in [-0.2, -0.15) is 5.10 Å². The number of ether oxygens (including phenoxy) is 3. The maximum Gasteiger partial charge on any atom is 0.343 e. The van der Waals surface area contributed by atoms with Crippen LogP contribution in [0.25, 0.3) is 0 Å². The van der Waals surface area contributed by atoms with E-state index in [9.17, 15) is 14.4 Å². The number of hydrazone groups is 1. The summed E-state index contributed by atoms with van der Waals surface area (Å²) < 4.78 is 16.5. The van der Waals surface area contributed by atoms with Crippen molar-refractivity contribution in [1.82, 2.24) is 5.43 Å². The van der Waals surface area contributed by atoms with Gasteiger partial charge < -0.3 is 19.5 Å². The molecule has 0 aliphatic heterocycles. The van der Waals surface area contributed by atoms with Crippen LogP contribution in [0.4, 0.5) is 5.69 Å². The smallest absolute Gasteiger partial charge is 0.343 e. The van der Waals surface area contributed by atoms with E-state index in [4.69, 9.17) is 14.2 Å². The summed E-state index contributed by atoms with van der Waals surface area (Å²) in [5.74, 6) is -1.09. The van der Waals surface area contributed by atoms with E-state index in [1.165, 1.54) is 6.21 Å². The molecule has 0 aliphatic rings. The van der Waals surface area contributed by atoms with Crippen molar-refractivity contribution >= 4 is 29.7 Å². The molecular weight excluding hydrogens is 474 g/mol. The highest BCUT2D eigenvalue weighted by Crippen LogP contribution is 2.29. The molecule has 0 saturated carbocycles. The lowest BCUT2D eigenvalue weighted by Crippen LogP contribution is -2.32. The van der Waals surface area contributed by atoms with Gasteiger partial charge >= 0.3 is 17.8 Å². The zero-order valence-electron chi connectivity index (χ0n) is 20.9. The third-order valence-corrected chi connectivity index (χ3v) is 5.08. The summed E-state index contributed by atoms with van der Waals surface area (Å²) in [5.41, 5.74) is 4.74. The topological polar surface area (TPSA) is 115 Å². The Morgan fingerprint density at radius 3 is 2.16 bits per heavy atom. The van der Waals surface area contributed by atoms with Crippen molar-refractivity contribution in [2.45, 2.75) is 27.2 Å². The summed E-state index contributed by atoms with van der Waals surface area (Å²) in [6.45, 7) is 6.57. The molecule has 9 heteroatoms. The van der Waals surface area contributed by atoms with Gasteiger partial charge in [-0.3, -0.25) is 9.59 Å². The number of hydrogen-bond acceptors (Lipinski definition) is 7. The van der Waals surface area contributed by atoms with Gasteiger partial charge in [0.15, 0.2) is 11.5 Å². The lowest BCUT2D eigenvalue weighted by Gasteiger charge is -2.11. The second kappa shape index (κ2) is 13.4. The number of benzene rings is 3. The van der Waals surface area contributed by atoms with Crippen LogP contribution in [0.3, 0.4) is 0 Å². The third kappa shape index (κ3) is 7.93. The second-order valence-corrected chi connectivity index (χ2v) is 7.69. The first kappa shape index (κ1) is 26.9. The fourth-order valence-corrected chi connectivity index (χ4v) is 3.20. The lowest BCUT2D eigenvalue weighted by atomic mass is 10.1. The molecule has 3 rings (SSSR count). The third-order valence-electron chi connectivity index (χ3n) is 5.08. The summed E-state index contributed by atoms with van der Waals surface area (Å²) in [6.07, 6.45) is 2.22. The number of nitrogens with one attached hydrogen (secondary N) is 2. The van der Waals surface area contributed by atoms with Gasteiger partial charge in [-0.15, -0.1) is 0 Å². The number of esters is 1. The number of hydrogen-bond donors (Lipinski definition) is 2. The molecule has 3 aromatic carbocycles. The minimum atomic E-state index is -0.915. The first-order valence-electron chi connectivity index (χ1n) is 11.9. The predicted octanol–water partition coefficient (Wildman–Crippen LogP) is 4.35. The highest BCUT2D eigenvalue weighted by atomic mass is 16.6. The summed E-state index contributed by atoms with van der Waals surface area (Å²) in [5, 5.41) is 6.35. The molecule has 9 nitrogen and oxygen atoms in total. The van der Waals surface area contributed by atoms with Crippen molar-refractivity contribution in [3.63, 3.8) is 0 Å². The van der Waals surface area contributed by atoms with Crippen LogP contribution in [-0.4, -0.2) is 37.2 Å². The van der Waals surface area contributed by atoms with Gasteiger partial charge in [0.25, 0.3) is 0 Å². The molecule has 2 N–H and O–H groups in total. The monoisotopic (exact) mass is 503 g/mol. The molecule has 0 bridgehead atoms. The Morgan fingerprint density at radius 2 is 1.51 bits per heavy atom. The Hall–Kier alpha value is -4.66. The normalized spacial score (nSPS) is 10.6. The zero-order chi connectivity index (χ0) is 26.6. The molecule has 0 atom stereocenters. The Bertz CT molecular complexity index is 1250. The molecule has 192 valence electrons. The predicted molar refractivity (Wildman–Crippen MR) is 140 cm³/mol. The quantitative estimate of drug-likeness (QED) is 0.140.